The van der Waals surface area contributed by atoms with Crippen molar-refractivity contribution in [3.8, 4) is 0 Å². The van der Waals surface area contributed by atoms with Crippen molar-refractivity contribution >= 4 is 11.6 Å². The highest BCUT2D eigenvalue weighted by atomic mass is 16.2. The van der Waals surface area contributed by atoms with Gasteiger partial charge in [0.05, 0.1) is 5.92 Å². The van der Waals surface area contributed by atoms with E-state index in [1.54, 1.807) is 0 Å². The zero-order valence-corrected chi connectivity index (χ0v) is 14.9. The summed E-state index contributed by atoms with van der Waals surface area (Å²) in [6, 6.07) is 0. The van der Waals surface area contributed by atoms with Gasteiger partial charge in [-0.25, -0.2) is 0 Å². The Morgan fingerprint density at radius 2 is 1.48 bits per heavy atom. The maximum atomic E-state index is 13.7. The monoisotopic (exact) mass is 314 g/mol. The van der Waals surface area contributed by atoms with Crippen molar-refractivity contribution < 1.29 is 9.59 Å². The van der Waals surface area contributed by atoms with Crippen LogP contribution in [0.1, 0.15) is 72.1 Å². The molecule has 0 aliphatic heterocycles. The van der Waals surface area contributed by atoms with E-state index in [2.05, 4.69) is 20.8 Å². The van der Waals surface area contributed by atoms with Gasteiger partial charge in [-0.05, 0) is 80.5 Å². The van der Waals surface area contributed by atoms with Crippen molar-refractivity contribution in [3.63, 3.8) is 0 Å². The quantitative estimate of drug-likeness (QED) is 0.707. The third-order valence-electron chi connectivity index (χ3n) is 9.38. The summed E-state index contributed by atoms with van der Waals surface area (Å²) in [6.07, 6.45) is 9.46. The van der Waals surface area contributed by atoms with E-state index in [4.69, 9.17) is 0 Å². The van der Waals surface area contributed by atoms with E-state index < -0.39 is 0 Å². The average molecular weight is 314 g/mol. The fourth-order valence-electron chi connectivity index (χ4n) is 8.13. The maximum absolute atomic E-state index is 13.7. The third kappa shape index (κ3) is 1.57. The topological polar surface area (TPSA) is 34.1 Å². The predicted molar refractivity (Wildman–Crippen MR) is 88.7 cm³/mol. The van der Waals surface area contributed by atoms with Gasteiger partial charge in [-0.3, -0.25) is 9.59 Å². The first kappa shape index (κ1) is 14.7. The lowest BCUT2D eigenvalue weighted by Crippen LogP contribution is -2.53. The molecular weight excluding hydrogens is 284 g/mol. The molecule has 6 fully saturated rings. The van der Waals surface area contributed by atoms with Crippen molar-refractivity contribution in [2.75, 3.05) is 0 Å². The summed E-state index contributed by atoms with van der Waals surface area (Å²) in [4.78, 5) is 26.9. The molecular formula is C21H30O2. The smallest absolute Gasteiger partial charge is 0.150 e. The minimum absolute atomic E-state index is 0.00665. The highest BCUT2D eigenvalue weighted by Crippen LogP contribution is 2.68. The van der Waals surface area contributed by atoms with Crippen molar-refractivity contribution in [2.24, 2.45) is 45.8 Å². The molecule has 3 atom stereocenters. The summed E-state index contributed by atoms with van der Waals surface area (Å²) >= 11 is 0. The molecule has 0 radical (unpaired) electrons. The second-order valence-electron chi connectivity index (χ2n) is 10.6. The number of fused-ring (bicyclic) bond motifs is 2. The zero-order valence-electron chi connectivity index (χ0n) is 14.9. The Kier molecular flexibility index (Phi) is 2.62. The highest BCUT2D eigenvalue weighted by molar-refractivity contribution is 6.10. The van der Waals surface area contributed by atoms with E-state index in [0.29, 0.717) is 17.5 Å². The van der Waals surface area contributed by atoms with Crippen LogP contribution < -0.4 is 0 Å². The lowest BCUT2D eigenvalue weighted by molar-refractivity contribution is -0.154. The summed E-state index contributed by atoms with van der Waals surface area (Å²) in [5, 5.41) is 0. The Balaban J connectivity index is 1.51. The van der Waals surface area contributed by atoms with Crippen molar-refractivity contribution in [1.29, 1.82) is 0 Å². The van der Waals surface area contributed by atoms with E-state index >= 15 is 0 Å². The van der Waals surface area contributed by atoms with Crippen LogP contribution in [0.3, 0.4) is 0 Å². The summed E-state index contributed by atoms with van der Waals surface area (Å²) < 4.78 is 0. The van der Waals surface area contributed by atoms with E-state index in [-0.39, 0.29) is 22.2 Å². The van der Waals surface area contributed by atoms with Gasteiger partial charge in [-0.2, -0.15) is 0 Å². The minimum atomic E-state index is -0.264. The van der Waals surface area contributed by atoms with Crippen LogP contribution in [0.5, 0.6) is 0 Å². The van der Waals surface area contributed by atoms with Crippen LogP contribution in [0.4, 0.5) is 0 Å². The molecule has 6 aliphatic rings. The van der Waals surface area contributed by atoms with E-state index in [0.717, 1.165) is 49.9 Å². The molecule has 0 aromatic carbocycles. The molecule has 0 aromatic rings. The van der Waals surface area contributed by atoms with Gasteiger partial charge in [0.1, 0.15) is 11.6 Å². The maximum Gasteiger partial charge on any atom is 0.150 e. The molecule has 0 saturated heterocycles. The van der Waals surface area contributed by atoms with Crippen molar-refractivity contribution in [3.05, 3.63) is 0 Å². The second kappa shape index (κ2) is 4.11. The number of hydrogen-bond donors (Lipinski definition) is 0. The van der Waals surface area contributed by atoms with E-state index in [1.165, 1.54) is 19.3 Å². The molecule has 126 valence electrons. The molecule has 23 heavy (non-hydrogen) atoms. The largest absolute Gasteiger partial charge is 0.298 e. The van der Waals surface area contributed by atoms with Gasteiger partial charge in [0, 0.05) is 10.8 Å². The number of carbonyl (C=O) groups is 2. The van der Waals surface area contributed by atoms with Crippen LogP contribution in [0.2, 0.25) is 0 Å². The first-order valence-electron chi connectivity index (χ1n) is 9.85. The molecule has 0 N–H and O–H groups in total. The normalized spacial score (nSPS) is 55.6. The number of ketones is 2. The molecule has 0 aromatic heterocycles. The first-order chi connectivity index (χ1) is 10.8. The highest BCUT2D eigenvalue weighted by Gasteiger charge is 2.70. The van der Waals surface area contributed by atoms with E-state index in [9.17, 15) is 9.59 Å². The fraction of sp³-hybridized carbons (Fsp3) is 0.905. The van der Waals surface area contributed by atoms with Crippen molar-refractivity contribution in [1.82, 2.24) is 0 Å². The second-order valence-corrected chi connectivity index (χ2v) is 10.6. The summed E-state index contributed by atoms with van der Waals surface area (Å²) in [6.45, 7) is 6.63. The summed E-state index contributed by atoms with van der Waals surface area (Å²) in [5.74, 6) is 3.08. The fourth-order valence-corrected chi connectivity index (χ4v) is 8.13. The molecule has 2 nitrogen and oxygen atoms in total. The predicted octanol–water partition coefficient (Wildman–Crippen LogP) is 4.41. The van der Waals surface area contributed by atoms with Gasteiger partial charge in [0.2, 0.25) is 0 Å². The number of rotatable bonds is 2. The van der Waals surface area contributed by atoms with Gasteiger partial charge >= 0.3 is 0 Å². The Bertz CT molecular complexity index is 566. The van der Waals surface area contributed by atoms with Gasteiger partial charge in [0.25, 0.3) is 0 Å². The number of carbonyl (C=O) groups excluding carboxylic acids is 2. The molecule has 0 heterocycles. The van der Waals surface area contributed by atoms with Crippen molar-refractivity contribution in [2.45, 2.75) is 72.1 Å². The molecule has 0 spiro atoms. The Hall–Kier alpha value is -0.660. The van der Waals surface area contributed by atoms with Crippen LogP contribution in [-0.4, -0.2) is 11.6 Å². The van der Waals surface area contributed by atoms with Gasteiger partial charge in [-0.1, -0.05) is 20.8 Å². The average Bonchev–Trinajstić information content (AvgIpc) is 2.77. The molecule has 6 aliphatic carbocycles. The molecule has 6 saturated carbocycles. The van der Waals surface area contributed by atoms with Crippen LogP contribution in [-0.2, 0) is 9.59 Å². The Labute approximate surface area is 139 Å². The Morgan fingerprint density at radius 3 is 1.91 bits per heavy atom. The van der Waals surface area contributed by atoms with Crippen LogP contribution in [0.15, 0.2) is 0 Å². The SMILES string of the molecule is CC1(C)[C@@H]2CC[C@@]1(C)C(=O)[C@@H]2C(=O)C12CC3CC(CC(C3)C1)C2. The molecule has 0 unspecified atom stereocenters. The van der Waals surface area contributed by atoms with Crippen LogP contribution >= 0.6 is 0 Å². The Morgan fingerprint density at radius 1 is 0.957 bits per heavy atom. The molecule has 0 amide bonds. The van der Waals surface area contributed by atoms with E-state index in [1.807, 2.05) is 0 Å². The van der Waals surface area contributed by atoms with Gasteiger partial charge in [-0.15, -0.1) is 0 Å². The standard InChI is InChI=1S/C21H30O2/c1-19(2)15-4-5-20(19,3)17(22)16(15)18(23)21-9-12-6-13(10-21)8-14(7-12)11-21/h12-16H,4-11H2,1-3H3/t12?,13?,14?,15-,16-,20+,21?/m1/s1. The van der Waals surface area contributed by atoms with Crippen LogP contribution in [0.25, 0.3) is 0 Å². The molecule has 6 rings (SSSR count). The van der Waals surface area contributed by atoms with Crippen LogP contribution in [0, 0.1) is 45.8 Å². The van der Waals surface area contributed by atoms with Gasteiger partial charge in [0.15, 0.2) is 0 Å². The lowest BCUT2D eigenvalue weighted by atomic mass is 9.47. The number of hydrogen-bond acceptors (Lipinski definition) is 2. The third-order valence-corrected chi connectivity index (χ3v) is 9.38. The summed E-state index contributed by atoms with van der Waals surface area (Å²) in [7, 11) is 0. The molecule has 6 bridgehead atoms. The van der Waals surface area contributed by atoms with Gasteiger partial charge < -0.3 is 0 Å². The minimum Gasteiger partial charge on any atom is -0.298 e. The summed E-state index contributed by atoms with van der Waals surface area (Å²) in [5.41, 5.74) is -0.348. The lowest BCUT2D eigenvalue weighted by Gasteiger charge is -2.56. The first-order valence-corrected chi connectivity index (χ1v) is 9.85. The molecule has 2 heteroatoms. The zero-order chi connectivity index (χ0) is 16.2. The number of Topliss-reactive ketones (excluding diaryl/α,β-unsaturated/α-hetero) is 2.